The molecular formula is C17H16FN3O2S. The zero-order chi connectivity index (χ0) is 16.8. The van der Waals surface area contributed by atoms with E-state index in [0.717, 1.165) is 6.42 Å². The summed E-state index contributed by atoms with van der Waals surface area (Å²) in [6.07, 6.45) is 1.48. The highest BCUT2D eigenvalue weighted by Crippen LogP contribution is 2.16. The summed E-state index contributed by atoms with van der Waals surface area (Å²) in [5.41, 5.74) is 1.90. The number of amides is 1. The van der Waals surface area contributed by atoms with Gasteiger partial charge in [0.05, 0.1) is 0 Å². The number of aromatic nitrogens is 2. The van der Waals surface area contributed by atoms with E-state index in [1.807, 2.05) is 11.4 Å². The van der Waals surface area contributed by atoms with Crippen LogP contribution in [0.5, 0.6) is 0 Å². The molecule has 24 heavy (non-hydrogen) atoms. The second kappa shape index (κ2) is 7.83. The molecule has 2 heterocycles. The number of nitrogens with zero attached hydrogens (tertiary/aromatic N) is 2. The monoisotopic (exact) mass is 345 g/mol. The Kier molecular flexibility index (Phi) is 5.32. The van der Waals surface area contributed by atoms with Crippen molar-refractivity contribution >= 4 is 17.2 Å². The molecule has 0 aliphatic heterocycles. The van der Waals surface area contributed by atoms with E-state index in [1.165, 1.54) is 17.7 Å². The quantitative estimate of drug-likeness (QED) is 0.714. The molecule has 0 spiro atoms. The third kappa shape index (κ3) is 4.48. The van der Waals surface area contributed by atoms with Gasteiger partial charge in [0, 0.05) is 24.9 Å². The number of aryl methyl sites for hydroxylation is 1. The molecule has 0 aliphatic carbocycles. The van der Waals surface area contributed by atoms with Crippen LogP contribution in [0.1, 0.15) is 17.9 Å². The molecule has 0 unspecified atom stereocenters. The van der Waals surface area contributed by atoms with Gasteiger partial charge in [-0.2, -0.15) is 16.3 Å². The van der Waals surface area contributed by atoms with Crippen LogP contribution in [0.4, 0.5) is 4.39 Å². The molecule has 0 fully saturated rings. The van der Waals surface area contributed by atoms with Gasteiger partial charge in [0.2, 0.25) is 17.6 Å². The van der Waals surface area contributed by atoms with Gasteiger partial charge in [0.25, 0.3) is 0 Å². The number of rotatable bonds is 7. The summed E-state index contributed by atoms with van der Waals surface area (Å²) in [5.74, 6) is 0.415. The van der Waals surface area contributed by atoms with Crippen molar-refractivity contribution in [3.05, 3.63) is 58.4 Å². The lowest BCUT2D eigenvalue weighted by Crippen LogP contribution is -2.25. The lowest BCUT2D eigenvalue weighted by Gasteiger charge is -2.02. The third-order valence-corrected chi connectivity index (χ3v) is 4.18. The van der Waals surface area contributed by atoms with Crippen molar-refractivity contribution in [3.63, 3.8) is 0 Å². The molecule has 0 aliphatic rings. The molecule has 0 bridgehead atoms. The number of carbonyl (C=O) groups is 1. The predicted octanol–water partition coefficient (Wildman–Crippen LogP) is 3.23. The van der Waals surface area contributed by atoms with Crippen LogP contribution in [0.2, 0.25) is 0 Å². The van der Waals surface area contributed by atoms with E-state index in [9.17, 15) is 9.18 Å². The van der Waals surface area contributed by atoms with Crippen LogP contribution in [0.3, 0.4) is 0 Å². The Morgan fingerprint density at radius 1 is 1.21 bits per heavy atom. The van der Waals surface area contributed by atoms with Gasteiger partial charge in [-0.3, -0.25) is 4.79 Å². The third-order valence-electron chi connectivity index (χ3n) is 3.45. The number of thiophene rings is 1. The zero-order valence-corrected chi connectivity index (χ0v) is 13.7. The molecule has 7 heteroatoms. The maximum Gasteiger partial charge on any atom is 0.227 e. The van der Waals surface area contributed by atoms with Crippen LogP contribution in [0.25, 0.3) is 11.4 Å². The minimum Gasteiger partial charge on any atom is -0.356 e. The Morgan fingerprint density at radius 3 is 2.79 bits per heavy atom. The standard InChI is InChI=1S/C17H16FN3O2S/c18-14-3-1-13(2-4-14)17-20-16(23-21-17)6-5-15(22)19-9-7-12-8-10-24-11-12/h1-4,8,10-11H,5-7,9H2,(H,19,22). The minimum atomic E-state index is -0.318. The first-order valence-electron chi connectivity index (χ1n) is 7.57. The van der Waals surface area contributed by atoms with Crippen LogP contribution >= 0.6 is 11.3 Å². The number of nitrogens with one attached hydrogen (secondary N) is 1. The maximum atomic E-state index is 12.9. The van der Waals surface area contributed by atoms with Crippen molar-refractivity contribution in [1.82, 2.24) is 15.5 Å². The molecule has 3 aromatic rings. The molecule has 124 valence electrons. The largest absolute Gasteiger partial charge is 0.356 e. The van der Waals surface area contributed by atoms with Crippen LogP contribution in [-0.4, -0.2) is 22.6 Å². The first-order chi connectivity index (χ1) is 11.7. The van der Waals surface area contributed by atoms with Crippen molar-refractivity contribution in [2.75, 3.05) is 6.54 Å². The fraction of sp³-hybridized carbons (Fsp3) is 0.235. The molecule has 0 radical (unpaired) electrons. The molecule has 1 N–H and O–H groups in total. The Bertz CT molecular complexity index is 785. The smallest absolute Gasteiger partial charge is 0.227 e. The van der Waals surface area contributed by atoms with Gasteiger partial charge < -0.3 is 9.84 Å². The minimum absolute atomic E-state index is 0.0493. The first kappa shape index (κ1) is 16.3. The van der Waals surface area contributed by atoms with Crippen molar-refractivity contribution in [3.8, 4) is 11.4 Å². The Morgan fingerprint density at radius 2 is 2.04 bits per heavy atom. The van der Waals surface area contributed by atoms with Crippen molar-refractivity contribution in [2.24, 2.45) is 0 Å². The van der Waals surface area contributed by atoms with Gasteiger partial charge >= 0.3 is 0 Å². The lowest BCUT2D eigenvalue weighted by atomic mass is 10.2. The summed E-state index contributed by atoms with van der Waals surface area (Å²) in [6, 6.07) is 7.90. The fourth-order valence-electron chi connectivity index (χ4n) is 2.16. The van der Waals surface area contributed by atoms with Crippen LogP contribution in [0, 0.1) is 5.82 Å². The molecule has 0 atom stereocenters. The Balaban J connectivity index is 1.44. The average molecular weight is 345 g/mol. The van der Waals surface area contributed by atoms with Gasteiger partial charge in [-0.25, -0.2) is 4.39 Å². The number of carbonyl (C=O) groups excluding carboxylic acids is 1. The highest BCUT2D eigenvalue weighted by atomic mass is 32.1. The summed E-state index contributed by atoms with van der Waals surface area (Å²) in [4.78, 5) is 16.0. The van der Waals surface area contributed by atoms with E-state index >= 15 is 0 Å². The second-order valence-corrected chi connectivity index (χ2v) is 6.03. The van der Waals surface area contributed by atoms with Gasteiger partial charge in [-0.1, -0.05) is 5.16 Å². The summed E-state index contributed by atoms with van der Waals surface area (Å²) in [7, 11) is 0. The maximum absolute atomic E-state index is 12.9. The molecule has 3 rings (SSSR count). The summed E-state index contributed by atoms with van der Waals surface area (Å²) in [6.45, 7) is 0.611. The van der Waals surface area contributed by atoms with E-state index < -0.39 is 0 Å². The van der Waals surface area contributed by atoms with Crippen LogP contribution in [-0.2, 0) is 17.6 Å². The van der Waals surface area contributed by atoms with Gasteiger partial charge in [0.15, 0.2) is 0 Å². The molecule has 1 amide bonds. The summed E-state index contributed by atoms with van der Waals surface area (Å²) in [5, 5.41) is 10.8. The normalized spacial score (nSPS) is 10.7. The topological polar surface area (TPSA) is 68.0 Å². The molecule has 2 aromatic heterocycles. The Labute approximate surface area is 142 Å². The molecule has 1 aromatic carbocycles. The number of hydrogen-bond acceptors (Lipinski definition) is 5. The number of hydrogen-bond donors (Lipinski definition) is 1. The lowest BCUT2D eigenvalue weighted by molar-refractivity contribution is -0.121. The van der Waals surface area contributed by atoms with Gasteiger partial charge in [-0.05, 0) is 53.1 Å². The zero-order valence-electron chi connectivity index (χ0n) is 12.9. The highest BCUT2D eigenvalue weighted by molar-refractivity contribution is 7.07. The van der Waals surface area contributed by atoms with Crippen LogP contribution < -0.4 is 5.32 Å². The number of halogens is 1. The van der Waals surface area contributed by atoms with E-state index in [1.54, 1.807) is 23.5 Å². The average Bonchev–Trinajstić information content (AvgIpc) is 3.25. The first-order valence-corrected chi connectivity index (χ1v) is 8.51. The van der Waals surface area contributed by atoms with Crippen LogP contribution in [0.15, 0.2) is 45.6 Å². The molecule has 0 saturated carbocycles. The van der Waals surface area contributed by atoms with E-state index in [0.29, 0.717) is 30.2 Å². The van der Waals surface area contributed by atoms with Crippen molar-refractivity contribution < 1.29 is 13.7 Å². The van der Waals surface area contributed by atoms with Crippen molar-refractivity contribution in [1.29, 1.82) is 0 Å². The van der Waals surface area contributed by atoms with E-state index in [2.05, 4.69) is 20.8 Å². The molecular weight excluding hydrogens is 329 g/mol. The second-order valence-electron chi connectivity index (χ2n) is 5.25. The number of benzene rings is 1. The van der Waals surface area contributed by atoms with E-state index in [-0.39, 0.29) is 18.1 Å². The highest BCUT2D eigenvalue weighted by Gasteiger charge is 2.10. The van der Waals surface area contributed by atoms with Gasteiger partial charge in [-0.15, -0.1) is 0 Å². The van der Waals surface area contributed by atoms with E-state index in [4.69, 9.17) is 4.52 Å². The summed E-state index contributed by atoms with van der Waals surface area (Å²) < 4.78 is 18.0. The fourth-order valence-corrected chi connectivity index (χ4v) is 2.87. The van der Waals surface area contributed by atoms with Gasteiger partial charge in [0.1, 0.15) is 5.82 Å². The molecule has 5 nitrogen and oxygen atoms in total. The predicted molar refractivity (Wildman–Crippen MR) is 89.0 cm³/mol. The summed E-state index contributed by atoms with van der Waals surface area (Å²) >= 11 is 1.65. The van der Waals surface area contributed by atoms with Crippen molar-refractivity contribution in [2.45, 2.75) is 19.3 Å². The molecule has 0 saturated heterocycles. The SMILES string of the molecule is O=C(CCc1nc(-c2ccc(F)cc2)no1)NCCc1ccsc1. The Hall–Kier alpha value is -2.54.